The van der Waals surface area contributed by atoms with Crippen LogP contribution < -0.4 is 0 Å². The molecule has 1 aromatic heterocycles. The van der Waals surface area contributed by atoms with Crippen molar-refractivity contribution in [1.29, 1.82) is 0 Å². The molecule has 0 unspecified atom stereocenters. The average Bonchev–Trinajstić information content (AvgIpc) is 3.08. The van der Waals surface area contributed by atoms with E-state index in [1.165, 1.54) is 23.7 Å². The minimum absolute atomic E-state index is 0.166. The number of benzene rings is 1. The summed E-state index contributed by atoms with van der Waals surface area (Å²) in [6.07, 6.45) is 3.37. The van der Waals surface area contributed by atoms with E-state index in [1.807, 2.05) is 17.0 Å². The zero-order chi connectivity index (χ0) is 18.7. The van der Waals surface area contributed by atoms with Crippen LogP contribution in [-0.2, 0) is 4.79 Å². The average molecular weight is 374 g/mol. The van der Waals surface area contributed by atoms with Crippen molar-refractivity contribution < 1.29 is 4.79 Å². The van der Waals surface area contributed by atoms with Crippen molar-refractivity contribution in [1.82, 2.24) is 25.1 Å². The summed E-state index contributed by atoms with van der Waals surface area (Å²) in [6.45, 7) is 8.61. The van der Waals surface area contributed by atoms with Gasteiger partial charge in [0, 0.05) is 12.1 Å². The standard InChI is InChI=1S/C19H27N5OS/c1-13(2)16-8-10-17(11-9-16)24-19(20-21-22-24)26-12-18(25)23-14(3)6-5-7-15(23)4/h8-11,13-15H,5-7,12H2,1-4H3/t14-,15-/m1/s1. The van der Waals surface area contributed by atoms with Crippen LogP contribution >= 0.6 is 11.8 Å². The fourth-order valence-corrected chi connectivity index (χ4v) is 4.31. The summed E-state index contributed by atoms with van der Waals surface area (Å²) in [5, 5.41) is 12.6. The van der Waals surface area contributed by atoms with E-state index in [0.717, 1.165) is 18.5 Å². The minimum atomic E-state index is 0.166. The number of amides is 1. The summed E-state index contributed by atoms with van der Waals surface area (Å²) in [4.78, 5) is 14.7. The first kappa shape index (κ1) is 18.9. The maximum Gasteiger partial charge on any atom is 0.233 e. The number of hydrogen-bond acceptors (Lipinski definition) is 5. The van der Waals surface area contributed by atoms with Crippen LogP contribution in [0, 0.1) is 0 Å². The van der Waals surface area contributed by atoms with Gasteiger partial charge >= 0.3 is 0 Å². The predicted octanol–water partition coefficient (Wildman–Crippen LogP) is 3.67. The highest BCUT2D eigenvalue weighted by Gasteiger charge is 2.29. The van der Waals surface area contributed by atoms with E-state index < -0.39 is 0 Å². The normalized spacial score (nSPS) is 20.6. The number of carbonyl (C=O) groups is 1. The molecule has 1 aromatic carbocycles. The van der Waals surface area contributed by atoms with Gasteiger partial charge in [0.05, 0.1) is 11.4 Å². The highest BCUT2D eigenvalue weighted by Crippen LogP contribution is 2.25. The maximum absolute atomic E-state index is 12.7. The van der Waals surface area contributed by atoms with E-state index >= 15 is 0 Å². The van der Waals surface area contributed by atoms with Crippen molar-refractivity contribution in [3.63, 3.8) is 0 Å². The number of hydrogen-bond donors (Lipinski definition) is 0. The number of tetrazole rings is 1. The lowest BCUT2D eigenvalue weighted by Gasteiger charge is -2.39. The van der Waals surface area contributed by atoms with Gasteiger partial charge in [-0.05, 0) is 67.2 Å². The highest BCUT2D eigenvalue weighted by atomic mass is 32.2. The van der Waals surface area contributed by atoms with E-state index in [9.17, 15) is 4.79 Å². The third-order valence-corrected chi connectivity index (χ3v) is 5.96. The van der Waals surface area contributed by atoms with Crippen LogP contribution in [0.1, 0.15) is 58.4 Å². The lowest BCUT2D eigenvalue weighted by molar-refractivity contribution is -0.134. The van der Waals surface area contributed by atoms with Crippen LogP contribution in [0.4, 0.5) is 0 Å². The van der Waals surface area contributed by atoms with Crippen molar-refractivity contribution in [2.45, 2.75) is 70.1 Å². The molecule has 1 amide bonds. The van der Waals surface area contributed by atoms with E-state index in [1.54, 1.807) is 4.68 Å². The van der Waals surface area contributed by atoms with Gasteiger partial charge < -0.3 is 4.90 Å². The Labute approximate surface area is 159 Å². The number of piperidine rings is 1. The van der Waals surface area contributed by atoms with Crippen molar-refractivity contribution in [2.24, 2.45) is 0 Å². The number of nitrogens with zero attached hydrogens (tertiary/aromatic N) is 5. The van der Waals surface area contributed by atoms with Gasteiger partial charge in [0.1, 0.15) is 0 Å². The van der Waals surface area contributed by atoms with E-state index in [2.05, 4.69) is 55.4 Å². The summed E-state index contributed by atoms with van der Waals surface area (Å²) >= 11 is 1.40. The molecule has 0 radical (unpaired) electrons. The summed E-state index contributed by atoms with van der Waals surface area (Å²) in [7, 11) is 0. The Kier molecular flexibility index (Phi) is 5.96. The second kappa shape index (κ2) is 8.20. The van der Waals surface area contributed by atoms with Crippen molar-refractivity contribution in [3.05, 3.63) is 29.8 Å². The van der Waals surface area contributed by atoms with Crippen LogP contribution in [0.25, 0.3) is 5.69 Å². The Morgan fingerprint density at radius 2 is 1.85 bits per heavy atom. The Balaban J connectivity index is 1.68. The maximum atomic E-state index is 12.7. The first-order valence-corrected chi connectivity index (χ1v) is 10.3. The molecule has 7 heteroatoms. The van der Waals surface area contributed by atoms with Gasteiger partial charge in [-0.25, -0.2) is 0 Å². The van der Waals surface area contributed by atoms with Gasteiger partial charge in [-0.1, -0.05) is 37.7 Å². The molecule has 2 aromatic rings. The lowest BCUT2D eigenvalue weighted by Crippen LogP contribution is -2.48. The van der Waals surface area contributed by atoms with Crippen molar-refractivity contribution in [3.8, 4) is 5.69 Å². The molecule has 1 aliphatic rings. The summed E-state index contributed by atoms with van der Waals surface area (Å²) < 4.78 is 1.70. The quantitative estimate of drug-likeness (QED) is 0.748. The van der Waals surface area contributed by atoms with E-state index in [4.69, 9.17) is 0 Å². The monoisotopic (exact) mass is 373 g/mol. The number of carbonyl (C=O) groups excluding carboxylic acids is 1. The fourth-order valence-electron chi connectivity index (χ4n) is 3.55. The summed E-state index contributed by atoms with van der Waals surface area (Å²) in [6, 6.07) is 8.85. The largest absolute Gasteiger partial charge is 0.337 e. The third kappa shape index (κ3) is 4.09. The highest BCUT2D eigenvalue weighted by molar-refractivity contribution is 7.99. The molecule has 0 aliphatic carbocycles. The molecule has 0 spiro atoms. The Hall–Kier alpha value is -1.89. The van der Waals surface area contributed by atoms with E-state index in [-0.39, 0.29) is 5.91 Å². The molecule has 140 valence electrons. The molecule has 0 N–H and O–H groups in total. The summed E-state index contributed by atoms with van der Waals surface area (Å²) in [5.41, 5.74) is 2.19. The smallest absolute Gasteiger partial charge is 0.233 e. The van der Waals surface area contributed by atoms with Crippen LogP contribution in [0.3, 0.4) is 0 Å². The topological polar surface area (TPSA) is 63.9 Å². The Morgan fingerprint density at radius 3 is 2.46 bits per heavy atom. The Bertz CT molecular complexity index is 733. The van der Waals surface area contributed by atoms with Crippen LogP contribution in [0.2, 0.25) is 0 Å². The molecular weight excluding hydrogens is 346 g/mol. The number of aromatic nitrogens is 4. The second-order valence-corrected chi connectivity index (χ2v) is 8.28. The van der Waals surface area contributed by atoms with Gasteiger partial charge in [0.15, 0.2) is 0 Å². The van der Waals surface area contributed by atoms with Gasteiger partial charge in [-0.15, -0.1) is 5.10 Å². The Morgan fingerprint density at radius 1 is 1.19 bits per heavy atom. The molecule has 3 rings (SSSR count). The SMILES string of the molecule is CC(C)c1ccc(-n2nnnc2SCC(=O)N2[C@H](C)CCC[C@H]2C)cc1. The van der Waals surface area contributed by atoms with Crippen LogP contribution in [0.5, 0.6) is 0 Å². The van der Waals surface area contributed by atoms with Gasteiger partial charge in [0.25, 0.3) is 0 Å². The second-order valence-electron chi connectivity index (χ2n) is 7.34. The lowest BCUT2D eigenvalue weighted by atomic mass is 9.98. The molecule has 0 saturated carbocycles. The van der Waals surface area contributed by atoms with Gasteiger partial charge in [-0.3, -0.25) is 4.79 Å². The zero-order valence-corrected chi connectivity index (χ0v) is 16.7. The number of rotatable bonds is 5. The first-order chi connectivity index (χ1) is 12.5. The van der Waals surface area contributed by atoms with Crippen molar-refractivity contribution in [2.75, 3.05) is 5.75 Å². The zero-order valence-electron chi connectivity index (χ0n) is 15.9. The van der Waals surface area contributed by atoms with Crippen molar-refractivity contribution >= 4 is 17.7 Å². The fraction of sp³-hybridized carbons (Fsp3) is 0.579. The minimum Gasteiger partial charge on any atom is -0.337 e. The number of likely N-dealkylation sites (tertiary alicyclic amines) is 1. The predicted molar refractivity (Wildman–Crippen MR) is 104 cm³/mol. The first-order valence-electron chi connectivity index (χ1n) is 9.30. The molecule has 1 fully saturated rings. The molecule has 1 saturated heterocycles. The van der Waals surface area contributed by atoms with Gasteiger partial charge in [-0.2, -0.15) is 4.68 Å². The number of thioether (sulfide) groups is 1. The molecule has 0 bridgehead atoms. The summed E-state index contributed by atoms with van der Waals surface area (Å²) in [5.74, 6) is 1.01. The molecule has 26 heavy (non-hydrogen) atoms. The van der Waals surface area contributed by atoms with Crippen LogP contribution in [-0.4, -0.2) is 48.9 Å². The van der Waals surface area contributed by atoms with Crippen LogP contribution in [0.15, 0.2) is 29.4 Å². The van der Waals surface area contributed by atoms with Gasteiger partial charge in [0.2, 0.25) is 11.1 Å². The molecule has 2 atom stereocenters. The molecule has 6 nitrogen and oxygen atoms in total. The third-order valence-electron chi connectivity index (χ3n) is 5.05. The van der Waals surface area contributed by atoms with E-state index in [0.29, 0.717) is 28.9 Å². The molecular formula is C19H27N5OS. The molecule has 2 heterocycles. The molecule has 1 aliphatic heterocycles.